The molecule has 6 heteroatoms. The highest BCUT2D eigenvalue weighted by molar-refractivity contribution is 7.14. The molecule has 1 aliphatic carbocycles. The van der Waals surface area contributed by atoms with E-state index in [-0.39, 0.29) is 18.2 Å². The molecule has 1 saturated carbocycles. The van der Waals surface area contributed by atoms with Crippen molar-refractivity contribution < 1.29 is 22.8 Å². The van der Waals surface area contributed by atoms with Crippen LogP contribution in [0.4, 0.5) is 4.39 Å². The summed E-state index contributed by atoms with van der Waals surface area (Å²) in [4.78, 5) is 28.8. The molecule has 2 aliphatic rings. The zero-order chi connectivity index (χ0) is 26.3. The molecule has 1 aromatic carbocycles. The van der Waals surface area contributed by atoms with Crippen molar-refractivity contribution in [2.75, 3.05) is 0 Å². The number of nitrogens with zero attached hydrogens (tertiary/aromatic N) is 1. The third-order valence-corrected chi connectivity index (χ3v) is 8.21. The Morgan fingerprint density at radius 2 is 1.91 bits per heavy atom. The molecule has 4 atom stereocenters. The number of carbonyl (C=O) groups excluding carboxylic acids is 2. The highest BCUT2D eigenvalue weighted by Gasteiger charge is 2.57. The van der Waals surface area contributed by atoms with Crippen LogP contribution in [0.15, 0.2) is 18.2 Å². The van der Waals surface area contributed by atoms with Gasteiger partial charge in [-0.05, 0) is 74.7 Å². The molecule has 0 spiro atoms. The largest absolute Gasteiger partial charge is 0.416 e. The lowest BCUT2D eigenvalue weighted by molar-refractivity contribution is -0.136. The number of hydrogen-bond donors (Lipinski definition) is 0. The fraction of sp³-hybridized carbons (Fsp3) is 0.538. The summed E-state index contributed by atoms with van der Waals surface area (Å²) >= 11 is 1.38. The molecule has 4 rings (SSSR count). The second-order valence-electron chi connectivity index (χ2n) is 9.18. The fourth-order valence-corrected chi connectivity index (χ4v) is 6.19. The van der Waals surface area contributed by atoms with Gasteiger partial charge in [-0.2, -0.15) is 0 Å². The number of ether oxygens (including phenoxy) is 1. The smallest absolute Gasteiger partial charge is 0.308 e. The SMILES string of the molecule is [2H]C1(C)C([2H])(C)C1([2H])C(=O)C(C)(c1c(F)ccc(C)c1C)N1Cc2cc(OC(C)=O)sc2CC1C. The van der Waals surface area contributed by atoms with Crippen molar-refractivity contribution >= 4 is 23.1 Å². The first-order valence-electron chi connectivity index (χ1n) is 12.4. The monoisotopic (exact) mass is 460 g/mol. The van der Waals surface area contributed by atoms with Crippen molar-refractivity contribution in [1.29, 1.82) is 0 Å². The van der Waals surface area contributed by atoms with Gasteiger partial charge < -0.3 is 4.74 Å². The minimum absolute atomic E-state index is 0.193. The molecule has 4 unspecified atom stereocenters. The molecule has 2 aromatic rings. The number of rotatable bonds is 5. The van der Waals surface area contributed by atoms with Crippen molar-refractivity contribution in [1.82, 2.24) is 4.90 Å². The van der Waals surface area contributed by atoms with Gasteiger partial charge in [0.2, 0.25) is 0 Å². The predicted octanol–water partition coefficient (Wildman–Crippen LogP) is 5.56. The van der Waals surface area contributed by atoms with Crippen LogP contribution < -0.4 is 4.74 Å². The van der Waals surface area contributed by atoms with Crippen molar-refractivity contribution in [2.24, 2.45) is 17.7 Å². The van der Waals surface area contributed by atoms with E-state index < -0.39 is 40.8 Å². The van der Waals surface area contributed by atoms with E-state index in [0.29, 0.717) is 17.0 Å². The van der Waals surface area contributed by atoms with Crippen molar-refractivity contribution in [3.8, 4) is 5.06 Å². The number of Topliss-reactive ketones (excluding diaryl/α,β-unsaturated/α-hetero) is 1. The number of aryl methyl sites for hydroxylation is 1. The summed E-state index contributed by atoms with van der Waals surface area (Å²) in [7, 11) is 0. The lowest BCUT2D eigenvalue weighted by Crippen LogP contribution is -2.56. The van der Waals surface area contributed by atoms with E-state index in [1.807, 2.05) is 18.7 Å². The van der Waals surface area contributed by atoms with Gasteiger partial charge in [-0.15, -0.1) is 11.3 Å². The summed E-state index contributed by atoms with van der Waals surface area (Å²) in [5.41, 5.74) is 0.913. The third-order valence-electron chi connectivity index (χ3n) is 7.14. The van der Waals surface area contributed by atoms with Crippen LogP contribution in [0.25, 0.3) is 0 Å². The molecule has 0 radical (unpaired) electrons. The summed E-state index contributed by atoms with van der Waals surface area (Å²) < 4.78 is 47.2. The Kier molecular flexibility index (Phi) is 4.90. The first-order valence-corrected chi connectivity index (χ1v) is 11.7. The molecule has 32 heavy (non-hydrogen) atoms. The van der Waals surface area contributed by atoms with Crippen LogP contribution in [-0.2, 0) is 28.1 Å². The number of halogens is 1. The molecule has 4 nitrogen and oxygen atoms in total. The van der Waals surface area contributed by atoms with Crippen LogP contribution in [-0.4, -0.2) is 22.7 Å². The molecule has 172 valence electrons. The van der Waals surface area contributed by atoms with E-state index in [0.717, 1.165) is 16.0 Å². The third kappa shape index (κ3) is 3.61. The maximum atomic E-state index is 15.6. The molecule has 0 N–H and O–H groups in total. The second-order valence-corrected chi connectivity index (χ2v) is 10.3. The molecule has 1 fully saturated rings. The van der Waals surface area contributed by atoms with E-state index in [2.05, 4.69) is 0 Å². The number of ketones is 1. The van der Waals surface area contributed by atoms with Gasteiger partial charge in [-0.1, -0.05) is 19.9 Å². The average Bonchev–Trinajstić information content (AvgIpc) is 3.01. The molecular formula is C26H32FNO3S. The van der Waals surface area contributed by atoms with Crippen molar-refractivity contribution in [2.45, 2.75) is 73.0 Å². The predicted molar refractivity (Wildman–Crippen MR) is 124 cm³/mol. The van der Waals surface area contributed by atoms with Gasteiger partial charge >= 0.3 is 5.97 Å². The van der Waals surface area contributed by atoms with Gasteiger partial charge in [0, 0.05) is 40.0 Å². The van der Waals surface area contributed by atoms with E-state index in [1.54, 1.807) is 26.0 Å². The lowest BCUT2D eigenvalue weighted by atomic mass is 9.77. The minimum atomic E-state index is -2.03. The average molecular weight is 461 g/mol. The zero-order valence-electron chi connectivity index (χ0n) is 22.7. The van der Waals surface area contributed by atoms with E-state index in [1.165, 1.54) is 38.2 Å². The first-order chi connectivity index (χ1) is 16.0. The van der Waals surface area contributed by atoms with Gasteiger partial charge in [0.1, 0.15) is 11.4 Å². The Bertz CT molecular complexity index is 1230. The molecule has 0 amide bonds. The normalized spacial score (nSPS) is 35.1. The summed E-state index contributed by atoms with van der Waals surface area (Å²) in [5, 5.41) is 0.471. The maximum absolute atomic E-state index is 15.6. The van der Waals surface area contributed by atoms with Gasteiger partial charge in [0.25, 0.3) is 0 Å². The maximum Gasteiger partial charge on any atom is 0.308 e. The van der Waals surface area contributed by atoms with Gasteiger partial charge in [0.05, 0.1) is 0 Å². The molecule has 1 aliphatic heterocycles. The van der Waals surface area contributed by atoms with Crippen LogP contribution in [0.3, 0.4) is 0 Å². The van der Waals surface area contributed by atoms with Crippen LogP contribution >= 0.6 is 11.3 Å². The fourth-order valence-electron chi connectivity index (χ4n) is 5.01. The highest BCUT2D eigenvalue weighted by Crippen LogP contribution is 2.52. The summed E-state index contributed by atoms with van der Waals surface area (Å²) in [5.74, 6) is -6.91. The first kappa shape index (κ1) is 19.4. The Balaban J connectivity index is 1.90. The summed E-state index contributed by atoms with van der Waals surface area (Å²) in [6.45, 7) is 11.7. The number of fused-ring (bicyclic) bond motifs is 1. The molecule has 0 bridgehead atoms. The highest BCUT2D eigenvalue weighted by atomic mass is 32.1. The quantitative estimate of drug-likeness (QED) is 0.548. The number of carbonyl (C=O) groups is 2. The Morgan fingerprint density at radius 3 is 2.50 bits per heavy atom. The molecule has 0 saturated heterocycles. The Morgan fingerprint density at radius 1 is 1.25 bits per heavy atom. The summed E-state index contributed by atoms with van der Waals surface area (Å²) in [6, 6.07) is 4.57. The number of thiophene rings is 1. The molecule has 2 heterocycles. The Labute approximate surface area is 198 Å². The van der Waals surface area contributed by atoms with E-state index in [9.17, 15) is 9.59 Å². The second kappa shape index (κ2) is 8.07. The van der Waals surface area contributed by atoms with Crippen LogP contribution in [0.2, 0.25) is 0 Å². The topological polar surface area (TPSA) is 46.6 Å². The standard InChI is InChI=1S/C26H32FNO3S/c1-13-8-9-20(27)24(15(13)3)26(7,25(30)23-16(4)17(23)5)28-12-19-11-22(31-18(6)29)32-21(19)10-14(28)2/h8-9,11,14,16-17,23H,10,12H2,1-7H3/i16D,17D,23D. The van der Waals surface area contributed by atoms with E-state index >= 15 is 4.39 Å². The van der Waals surface area contributed by atoms with Crippen LogP contribution in [0.1, 0.15) is 65.9 Å². The van der Waals surface area contributed by atoms with E-state index in [4.69, 9.17) is 8.85 Å². The van der Waals surface area contributed by atoms with Crippen LogP contribution in [0.5, 0.6) is 5.06 Å². The zero-order valence-corrected chi connectivity index (χ0v) is 20.5. The minimum Gasteiger partial charge on any atom is -0.416 e. The lowest BCUT2D eigenvalue weighted by Gasteiger charge is -2.47. The number of esters is 1. The molecular weight excluding hydrogens is 425 g/mol. The number of hydrogen-bond acceptors (Lipinski definition) is 5. The van der Waals surface area contributed by atoms with Gasteiger partial charge in [0.15, 0.2) is 10.8 Å². The Hall–Kier alpha value is -2.05. The van der Waals surface area contributed by atoms with Crippen molar-refractivity contribution in [3.63, 3.8) is 0 Å². The van der Waals surface area contributed by atoms with Gasteiger partial charge in [-0.3, -0.25) is 14.5 Å². The van der Waals surface area contributed by atoms with Crippen molar-refractivity contribution in [3.05, 3.63) is 51.1 Å². The summed E-state index contributed by atoms with van der Waals surface area (Å²) in [6.07, 6.45) is 0.553. The molecule has 1 aromatic heterocycles. The number of benzene rings is 1. The van der Waals surface area contributed by atoms with Crippen LogP contribution in [0, 0.1) is 37.3 Å². The van der Waals surface area contributed by atoms with Gasteiger partial charge in [-0.25, -0.2) is 4.39 Å².